The number of nitrogens with two attached hydrogens (primary N) is 2. The third-order valence-electron chi connectivity index (χ3n) is 4.16. The van der Waals surface area contributed by atoms with Crippen molar-refractivity contribution < 1.29 is 4.74 Å². The van der Waals surface area contributed by atoms with E-state index in [1.165, 1.54) is 0 Å². The highest BCUT2D eigenvalue weighted by Gasteiger charge is 2.17. The number of aryl methyl sites for hydroxylation is 1. The second kappa shape index (κ2) is 7.14. The Labute approximate surface area is 152 Å². The summed E-state index contributed by atoms with van der Waals surface area (Å²) in [6, 6.07) is 15.3. The van der Waals surface area contributed by atoms with E-state index < -0.39 is 0 Å². The predicted octanol–water partition coefficient (Wildman–Crippen LogP) is 3.68. The van der Waals surface area contributed by atoms with Gasteiger partial charge in [0.15, 0.2) is 5.82 Å². The van der Waals surface area contributed by atoms with Crippen LogP contribution >= 0.6 is 0 Å². The SMILES string of the molecule is COc1cccc(-c2cnc(Nc3ccccc3C)c(N)c2C(=N)N)c1. The summed E-state index contributed by atoms with van der Waals surface area (Å²) in [5.74, 6) is 1.06. The van der Waals surface area contributed by atoms with E-state index in [0.717, 1.165) is 16.8 Å². The molecule has 1 aromatic heterocycles. The summed E-state index contributed by atoms with van der Waals surface area (Å²) < 4.78 is 5.27. The molecular formula is C20H21N5O. The average Bonchev–Trinajstić information content (AvgIpc) is 2.64. The molecule has 26 heavy (non-hydrogen) atoms. The molecule has 0 aliphatic heterocycles. The van der Waals surface area contributed by atoms with Gasteiger partial charge in [0.05, 0.1) is 18.4 Å². The van der Waals surface area contributed by atoms with E-state index >= 15 is 0 Å². The minimum absolute atomic E-state index is 0.115. The van der Waals surface area contributed by atoms with Crippen LogP contribution in [0.4, 0.5) is 17.2 Å². The first-order valence-corrected chi connectivity index (χ1v) is 8.11. The molecule has 0 aliphatic rings. The molecule has 2 aromatic carbocycles. The van der Waals surface area contributed by atoms with Gasteiger partial charge in [-0.25, -0.2) is 4.98 Å². The van der Waals surface area contributed by atoms with Crippen LogP contribution < -0.4 is 21.5 Å². The zero-order valence-electron chi connectivity index (χ0n) is 14.7. The van der Waals surface area contributed by atoms with E-state index in [2.05, 4.69) is 10.3 Å². The zero-order chi connectivity index (χ0) is 18.7. The van der Waals surface area contributed by atoms with Gasteiger partial charge in [-0.2, -0.15) is 0 Å². The zero-order valence-corrected chi connectivity index (χ0v) is 14.7. The van der Waals surface area contributed by atoms with Crippen LogP contribution in [0, 0.1) is 12.3 Å². The smallest absolute Gasteiger partial charge is 0.154 e. The highest BCUT2D eigenvalue weighted by Crippen LogP contribution is 2.34. The van der Waals surface area contributed by atoms with Gasteiger partial charge in [-0.05, 0) is 36.2 Å². The Morgan fingerprint density at radius 3 is 2.62 bits per heavy atom. The lowest BCUT2D eigenvalue weighted by Gasteiger charge is -2.16. The molecule has 3 aromatic rings. The van der Waals surface area contributed by atoms with Crippen molar-refractivity contribution in [1.29, 1.82) is 5.41 Å². The Kier molecular flexibility index (Phi) is 4.75. The van der Waals surface area contributed by atoms with Crippen molar-refractivity contribution in [3.05, 3.63) is 65.9 Å². The van der Waals surface area contributed by atoms with E-state index in [0.29, 0.717) is 28.4 Å². The van der Waals surface area contributed by atoms with Gasteiger partial charge >= 0.3 is 0 Å². The number of ether oxygens (including phenoxy) is 1. The highest BCUT2D eigenvalue weighted by atomic mass is 16.5. The predicted molar refractivity (Wildman–Crippen MR) is 106 cm³/mol. The second-order valence-electron chi connectivity index (χ2n) is 5.89. The maximum absolute atomic E-state index is 7.99. The van der Waals surface area contributed by atoms with Crippen molar-refractivity contribution >= 4 is 23.0 Å². The molecule has 6 nitrogen and oxygen atoms in total. The molecule has 0 saturated heterocycles. The fourth-order valence-electron chi connectivity index (χ4n) is 2.77. The second-order valence-corrected chi connectivity index (χ2v) is 5.89. The Morgan fingerprint density at radius 1 is 1.15 bits per heavy atom. The van der Waals surface area contributed by atoms with Gasteiger partial charge in [-0.1, -0.05) is 30.3 Å². The van der Waals surface area contributed by atoms with Crippen molar-refractivity contribution in [2.24, 2.45) is 5.73 Å². The number of aromatic nitrogens is 1. The number of nitrogens with zero attached hydrogens (tertiary/aromatic N) is 1. The van der Waals surface area contributed by atoms with Crippen molar-refractivity contribution in [2.45, 2.75) is 6.92 Å². The van der Waals surface area contributed by atoms with Crippen LogP contribution in [0.5, 0.6) is 5.75 Å². The molecule has 132 valence electrons. The lowest BCUT2D eigenvalue weighted by atomic mass is 9.99. The minimum Gasteiger partial charge on any atom is -0.497 e. The van der Waals surface area contributed by atoms with Crippen molar-refractivity contribution in [3.8, 4) is 16.9 Å². The number of benzene rings is 2. The number of hydrogen-bond donors (Lipinski definition) is 4. The van der Waals surface area contributed by atoms with Crippen molar-refractivity contribution in [3.63, 3.8) is 0 Å². The molecule has 0 unspecified atom stereocenters. The summed E-state index contributed by atoms with van der Waals surface area (Å²) in [5.41, 5.74) is 16.4. The van der Waals surface area contributed by atoms with E-state index in [4.69, 9.17) is 21.6 Å². The molecule has 6 N–H and O–H groups in total. The maximum Gasteiger partial charge on any atom is 0.154 e. The quantitative estimate of drug-likeness (QED) is 0.416. The van der Waals surface area contributed by atoms with Gasteiger partial charge < -0.3 is 21.5 Å². The van der Waals surface area contributed by atoms with Crippen LogP contribution in [0.25, 0.3) is 11.1 Å². The third kappa shape index (κ3) is 3.30. The normalized spacial score (nSPS) is 10.4. The molecule has 0 aliphatic carbocycles. The lowest BCUT2D eigenvalue weighted by Crippen LogP contribution is -2.17. The van der Waals surface area contributed by atoms with Crippen LogP contribution in [-0.2, 0) is 0 Å². The standard InChI is InChI=1S/C20H21N5O/c1-12-6-3-4-9-16(12)25-20-18(21)17(19(22)23)15(11-24-20)13-7-5-8-14(10-13)26-2/h3-11H,21H2,1-2H3,(H3,22,23)(H,24,25). The monoisotopic (exact) mass is 347 g/mol. The topological polar surface area (TPSA) is 110 Å². The summed E-state index contributed by atoms with van der Waals surface area (Å²) in [6.45, 7) is 2.00. The van der Waals surface area contributed by atoms with Gasteiger partial charge in [-0.3, -0.25) is 5.41 Å². The highest BCUT2D eigenvalue weighted by molar-refractivity contribution is 6.08. The number of amidine groups is 1. The molecule has 0 bridgehead atoms. The van der Waals surface area contributed by atoms with Gasteiger partial charge in [0.1, 0.15) is 11.6 Å². The molecule has 3 rings (SSSR count). The molecule has 0 atom stereocenters. The van der Waals surface area contributed by atoms with Gasteiger partial charge in [0, 0.05) is 17.4 Å². The molecule has 0 fully saturated rings. The number of para-hydroxylation sites is 1. The minimum atomic E-state index is -0.115. The van der Waals surface area contributed by atoms with Crippen LogP contribution in [0.2, 0.25) is 0 Å². The number of nitrogen functional groups attached to an aromatic ring is 2. The van der Waals surface area contributed by atoms with Crippen LogP contribution in [0.15, 0.2) is 54.7 Å². The first-order chi connectivity index (χ1) is 12.5. The Hall–Kier alpha value is -3.54. The maximum atomic E-state index is 7.99. The largest absolute Gasteiger partial charge is 0.497 e. The number of rotatable bonds is 5. The number of nitrogens with one attached hydrogen (secondary N) is 2. The number of hydrogen-bond acceptors (Lipinski definition) is 5. The molecule has 1 heterocycles. The third-order valence-corrected chi connectivity index (χ3v) is 4.16. The molecule has 6 heteroatoms. The van der Waals surface area contributed by atoms with E-state index in [1.807, 2.05) is 55.5 Å². The van der Waals surface area contributed by atoms with E-state index in [1.54, 1.807) is 13.3 Å². The lowest BCUT2D eigenvalue weighted by molar-refractivity contribution is 0.415. The van der Waals surface area contributed by atoms with Crippen LogP contribution in [0.1, 0.15) is 11.1 Å². The summed E-state index contributed by atoms with van der Waals surface area (Å²) in [7, 11) is 1.60. The average molecular weight is 347 g/mol. The fourth-order valence-corrected chi connectivity index (χ4v) is 2.77. The Morgan fingerprint density at radius 2 is 1.92 bits per heavy atom. The van der Waals surface area contributed by atoms with Crippen LogP contribution in [0.3, 0.4) is 0 Å². The molecule has 0 amide bonds. The summed E-state index contributed by atoms with van der Waals surface area (Å²) in [4.78, 5) is 4.46. The summed E-state index contributed by atoms with van der Waals surface area (Å²) in [6.07, 6.45) is 1.67. The Bertz CT molecular complexity index is 968. The molecule has 0 saturated carbocycles. The Balaban J connectivity index is 2.10. The van der Waals surface area contributed by atoms with Gasteiger partial charge in [0.25, 0.3) is 0 Å². The summed E-state index contributed by atoms with van der Waals surface area (Å²) in [5, 5.41) is 11.2. The first kappa shape index (κ1) is 17.3. The number of pyridine rings is 1. The van der Waals surface area contributed by atoms with E-state index in [9.17, 15) is 0 Å². The fraction of sp³-hybridized carbons (Fsp3) is 0.100. The van der Waals surface area contributed by atoms with Crippen molar-refractivity contribution in [1.82, 2.24) is 4.98 Å². The molecular weight excluding hydrogens is 326 g/mol. The van der Waals surface area contributed by atoms with Gasteiger partial charge in [0.2, 0.25) is 0 Å². The first-order valence-electron chi connectivity index (χ1n) is 8.11. The van der Waals surface area contributed by atoms with E-state index in [-0.39, 0.29) is 5.84 Å². The van der Waals surface area contributed by atoms with Gasteiger partial charge in [-0.15, -0.1) is 0 Å². The molecule has 0 spiro atoms. The van der Waals surface area contributed by atoms with Crippen LogP contribution in [-0.4, -0.2) is 17.9 Å². The number of methoxy groups -OCH3 is 1. The summed E-state index contributed by atoms with van der Waals surface area (Å²) >= 11 is 0. The number of anilines is 3. The molecule has 0 radical (unpaired) electrons. The van der Waals surface area contributed by atoms with Crippen molar-refractivity contribution in [2.75, 3.05) is 18.2 Å².